The summed E-state index contributed by atoms with van der Waals surface area (Å²) in [5.41, 5.74) is 4.03. The molecule has 2 aromatic rings. The molecule has 0 amide bonds. The Morgan fingerprint density at radius 2 is 1.90 bits per heavy atom. The van der Waals surface area contributed by atoms with Gasteiger partial charge in [0.1, 0.15) is 5.82 Å². The fourth-order valence-corrected chi connectivity index (χ4v) is 3.05. The summed E-state index contributed by atoms with van der Waals surface area (Å²) < 4.78 is 13.5. The summed E-state index contributed by atoms with van der Waals surface area (Å²) in [4.78, 5) is 2.21. The first-order valence-electron chi connectivity index (χ1n) is 7.50. The molecule has 0 saturated carbocycles. The topological polar surface area (TPSA) is 23.5 Å². The van der Waals surface area contributed by atoms with Crippen LogP contribution in [0, 0.1) is 5.82 Å². The van der Waals surface area contributed by atoms with Crippen LogP contribution >= 0.6 is 0 Å². The third-order valence-corrected chi connectivity index (χ3v) is 4.09. The maximum absolute atomic E-state index is 13.5. The van der Waals surface area contributed by atoms with Crippen LogP contribution in [0.3, 0.4) is 0 Å². The van der Waals surface area contributed by atoms with E-state index in [1.807, 2.05) is 6.07 Å². The van der Waals surface area contributed by atoms with Crippen LogP contribution < -0.4 is 4.90 Å². The second-order valence-corrected chi connectivity index (χ2v) is 5.62. The number of hydrogen-bond acceptors (Lipinski definition) is 2. The highest BCUT2D eigenvalue weighted by Crippen LogP contribution is 2.36. The normalized spacial score (nSPS) is 16.2. The van der Waals surface area contributed by atoms with Crippen LogP contribution in [0.1, 0.15) is 37.0 Å². The summed E-state index contributed by atoms with van der Waals surface area (Å²) in [5.74, 6) is -0.308. The number of nitrogens with zero attached hydrogens (tertiary/aromatic N) is 1. The van der Waals surface area contributed by atoms with Crippen LogP contribution in [0.15, 0.2) is 42.5 Å². The SMILES string of the molecule is C[C@@H](O)c1cc(F)ccc1N1CCCCc2ccccc21. The number of aryl methyl sites for hydroxylation is 1. The molecule has 0 spiro atoms. The molecule has 1 aliphatic rings. The Balaban J connectivity index is 2.12. The van der Waals surface area contributed by atoms with Crippen molar-refractivity contribution in [1.29, 1.82) is 0 Å². The van der Waals surface area contributed by atoms with Gasteiger partial charge in [-0.25, -0.2) is 4.39 Å². The van der Waals surface area contributed by atoms with Crippen molar-refractivity contribution in [2.24, 2.45) is 0 Å². The van der Waals surface area contributed by atoms with Gasteiger partial charge in [-0.2, -0.15) is 0 Å². The van der Waals surface area contributed by atoms with Crippen LogP contribution in [0.4, 0.5) is 15.8 Å². The molecule has 3 heteroatoms. The van der Waals surface area contributed by atoms with E-state index < -0.39 is 6.10 Å². The molecule has 110 valence electrons. The molecule has 2 aromatic carbocycles. The number of rotatable bonds is 2. The predicted molar refractivity (Wildman–Crippen MR) is 83.4 cm³/mol. The Morgan fingerprint density at radius 1 is 1.10 bits per heavy atom. The van der Waals surface area contributed by atoms with Crippen molar-refractivity contribution in [2.45, 2.75) is 32.3 Å². The highest BCUT2D eigenvalue weighted by Gasteiger charge is 2.20. The minimum atomic E-state index is -0.689. The molecule has 0 aliphatic carbocycles. The van der Waals surface area contributed by atoms with E-state index >= 15 is 0 Å². The number of hydrogen-bond donors (Lipinski definition) is 1. The third-order valence-electron chi connectivity index (χ3n) is 4.09. The molecule has 1 N–H and O–H groups in total. The first kappa shape index (κ1) is 14.1. The Bertz CT molecular complexity index is 639. The first-order chi connectivity index (χ1) is 10.2. The molecule has 0 fully saturated rings. The van der Waals surface area contributed by atoms with Crippen molar-refractivity contribution in [3.8, 4) is 0 Å². The van der Waals surface area contributed by atoms with Gasteiger partial charge in [-0.05, 0) is 56.0 Å². The number of halogens is 1. The molecule has 2 nitrogen and oxygen atoms in total. The van der Waals surface area contributed by atoms with Crippen molar-refractivity contribution in [3.63, 3.8) is 0 Å². The van der Waals surface area contributed by atoms with Crippen molar-refractivity contribution in [3.05, 3.63) is 59.4 Å². The van der Waals surface area contributed by atoms with E-state index in [-0.39, 0.29) is 5.82 Å². The molecule has 3 rings (SSSR count). The van der Waals surface area contributed by atoms with Gasteiger partial charge in [-0.3, -0.25) is 0 Å². The lowest BCUT2D eigenvalue weighted by Crippen LogP contribution is -2.20. The van der Waals surface area contributed by atoms with Gasteiger partial charge < -0.3 is 10.0 Å². The van der Waals surface area contributed by atoms with Gasteiger partial charge in [-0.1, -0.05) is 18.2 Å². The molecule has 0 radical (unpaired) electrons. The van der Waals surface area contributed by atoms with Gasteiger partial charge in [0.15, 0.2) is 0 Å². The largest absolute Gasteiger partial charge is 0.389 e. The average Bonchev–Trinajstić information content (AvgIpc) is 2.69. The highest BCUT2D eigenvalue weighted by molar-refractivity contribution is 5.70. The smallest absolute Gasteiger partial charge is 0.123 e. The van der Waals surface area contributed by atoms with Crippen molar-refractivity contribution < 1.29 is 9.50 Å². The van der Waals surface area contributed by atoms with E-state index in [1.165, 1.54) is 23.4 Å². The highest BCUT2D eigenvalue weighted by atomic mass is 19.1. The van der Waals surface area contributed by atoms with Crippen LogP contribution in [-0.2, 0) is 6.42 Å². The maximum atomic E-state index is 13.5. The lowest BCUT2D eigenvalue weighted by molar-refractivity contribution is 0.199. The van der Waals surface area contributed by atoms with Gasteiger partial charge in [0.05, 0.1) is 6.10 Å². The van der Waals surface area contributed by atoms with E-state index in [0.717, 1.165) is 31.5 Å². The third kappa shape index (κ3) is 2.79. The summed E-state index contributed by atoms with van der Waals surface area (Å²) in [6.07, 6.45) is 2.62. The average molecular weight is 285 g/mol. The number of fused-ring (bicyclic) bond motifs is 1. The second kappa shape index (κ2) is 5.86. The Kier molecular flexibility index (Phi) is 3.93. The van der Waals surface area contributed by atoms with Crippen LogP contribution in [0.5, 0.6) is 0 Å². The molecule has 0 saturated heterocycles. The van der Waals surface area contributed by atoms with E-state index in [9.17, 15) is 9.50 Å². The van der Waals surface area contributed by atoms with Crippen LogP contribution in [-0.4, -0.2) is 11.7 Å². The number of aliphatic hydroxyl groups is 1. The van der Waals surface area contributed by atoms with Crippen molar-refractivity contribution >= 4 is 11.4 Å². The molecule has 0 unspecified atom stereocenters. The zero-order valence-electron chi connectivity index (χ0n) is 12.2. The number of anilines is 2. The minimum absolute atomic E-state index is 0.308. The summed E-state index contributed by atoms with van der Waals surface area (Å²) >= 11 is 0. The number of aliphatic hydroxyl groups excluding tert-OH is 1. The summed E-state index contributed by atoms with van der Waals surface area (Å²) in [5, 5.41) is 9.98. The monoisotopic (exact) mass is 285 g/mol. The van der Waals surface area contributed by atoms with Gasteiger partial charge in [-0.15, -0.1) is 0 Å². The summed E-state index contributed by atoms with van der Waals surface area (Å²) in [7, 11) is 0. The quantitative estimate of drug-likeness (QED) is 0.886. The summed E-state index contributed by atoms with van der Waals surface area (Å²) in [6.45, 7) is 2.57. The van der Waals surface area contributed by atoms with Gasteiger partial charge in [0.25, 0.3) is 0 Å². The molecular weight excluding hydrogens is 265 g/mol. The Hall–Kier alpha value is -1.87. The van der Waals surface area contributed by atoms with E-state index in [1.54, 1.807) is 13.0 Å². The standard InChI is InChI=1S/C18H20FNO/c1-13(21)16-12-15(19)9-10-18(16)20-11-5-4-7-14-6-2-3-8-17(14)20/h2-3,6,8-10,12-13,21H,4-5,7,11H2,1H3/t13-/m1/s1. The fraction of sp³-hybridized carbons (Fsp3) is 0.333. The van der Waals surface area contributed by atoms with E-state index in [0.29, 0.717) is 5.56 Å². The first-order valence-corrected chi connectivity index (χ1v) is 7.50. The van der Waals surface area contributed by atoms with Crippen molar-refractivity contribution in [2.75, 3.05) is 11.4 Å². The van der Waals surface area contributed by atoms with Crippen molar-refractivity contribution in [1.82, 2.24) is 0 Å². The molecule has 0 bridgehead atoms. The Morgan fingerprint density at radius 3 is 2.71 bits per heavy atom. The van der Waals surface area contributed by atoms with Gasteiger partial charge in [0.2, 0.25) is 0 Å². The molecular formula is C18H20FNO. The predicted octanol–water partition coefficient (Wildman–Crippen LogP) is 4.35. The number of para-hydroxylation sites is 1. The maximum Gasteiger partial charge on any atom is 0.123 e. The zero-order valence-corrected chi connectivity index (χ0v) is 12.2. The van der Waals surface area contributed by atoms with Crippen LogP contribution in [0.25, 0.3) is 0 Å². The fourth-order valence-electron chi connectivity index (χ4n) is 3.05. The minimum Gasteiger partial charge on any atom is -0.389 e. The van der Waals surface area contributed by atoms with Crippen LogP contribution in [0.2, 0.25) is 0 Å². The Labute approximate surface area is 124 Å². The van der Waals surface area contributed by atoms with Gasteiger partial charge in [0, 0.05) is 23.5 Å². The second-order valence-electron chi connectivity index (χ2n) is 5.62. The lowest BCUT2D eigenvalue weighted by Gasteiger charge is -2.28. The van der Waals surface area contributed by atoms with Gasteiger partial charge >= 0.3 is 0 Å². The molecule has 1 heterocycles. The molecule has 1 atom stereocenters. The molecule has 0 aromatic heterocycles. The van der Waals surface area contributed by atoms with E-state index in [2.05, 4.69) is 23.1 Å². The lowest BCUT2D eigenvalue weighted by atomic mass is 10.0. The molecule has 1 aliphatic heterocycles. The zero-order chi connectivity index (χ0) is 14.8. The number of benzene rings is 2. The van der Waals surface area contributed by atoms with E-state index in [4.69, 9.17) is 0 Å². The summed E-state index contributed by atoms with van der Waals surface area (Å²) in [6, 6.07) is 13.0. The molecule has 21 heavy (non-hydrogen) atoms.